The summed E-state index contributed by atoms with van der Waals surface area (Å²) in [6.07, 6.45) is 1.45. The lowest BCUT2D eigenvalue weighted by molar-refractivity contribution is -0.117. The smallest absolute Gasteiger partial charge is 0.231 e. The average molecular weight is 233 g/mol. The van der Waals surface area contributed by atoms with Crippen molar-refractivity contribution in [2.75, 3.05) is 23.8 Å². The van der Waals surface area contributed by atoms with Crippen LogP contribution >= 0.6 is 0 Å². The number of hydrogen-bond donors (Lipinski definition) is 2. The van der Waals surface area contributed by atoms with Crippen LogP contribution in [0, 0.1) is 0 Å². The first kappa shape index (κ1) is 11.9. The van der Waals surface area contributed by atoms with E-state index in [1.54, 1.807) is 4.90 Å². The van der Waals surface area contributed by atoms with Gasteiger partial charge in [0.2, 0.25) is 5.91 Å². The van der Waals surface area contributed by atoms with Crippen molar-refractivity contribution in [2.24, 2.45) is 5.73 Å². The van der Waals surface area contributed by atoms with E-state index in [1.807, 2.05) is 26.1 Å². The molecule has 0 radical (unpaired) electrons. The highest BCUT2D eigenvalue weighted by Gasteiger charge is 2.23. The van der Waals surface area contributed by atoms with Crippen LogP contribution in [0.4, 0.5) is 11.4 Å². The monoisotopic (exact) mass is 233 g/mol. The van der Waals surface area contributed by atoms with Gasteiger partial charge in [0.15, 0.2) is 0 Å². The first-order valence-corrected chi connectivity index (χ1v) is 5.97. The van der Waals surface area contributed by atoms with Gasteiger partial charge in [-0.3, -0.25) is 4.79 Å². The lowest BCUT2D eigenvalue weighted by Crippen LogP contribution is -2.20. The van der Waals surface area contributed by atoms with Gasteiger partial charge in [0.25, 0.3) is 0 Å². The van der Waals surface area contributed by atoms with Gasteiger partial charge in [0.05, 0.1) is 6.42 Å². The van der Waals surface area contributed by atoms with Crippen LogP contribution in [0.3, 0.4) is 0 Å². The summed E-state index contributed by atoms with van der Waals surface area (Å²) >= 11 is 0. The summed E-state index contributed by atoms with van der Waals surface area (Å²) in [5.74, 6) is 0.160. The number of rotatable bonds is 4. The first-order valence-electron chi connectivity index (χ1n) is 5.97. The summed E-state index contributed by atoms with van der Waals surface area (Å²) < 4.78 is 0. The molecule has 0 aliphatic carbocycles. The summed E-state index contributed by atoms with van der Waals surface area (Å²) in [6.45, 7) is 2.86. The first-order chi connectivity index (χ1) is 8.08. The van der Waals surface area contributed by atoms with E-state index in [2.05, 4.69) is 11.4 Å². The summed E-state index contributed by atoms with van der Waals surface area (Å²) in [6, 6.07) is 6.27. The summed E-state index contributed by atoms with van der Waals surface area (Å²) in [5.41, 5.74) is 8.88. The van der Waals surface area contributed by atoms with E-state index >= 15 is 0 Å². The number of amides is 1. The summed E-state index contributed by atoms with van der Waals surface area (Å²) in [7, 11) is 1.82. The minimum absolute atomic E-state index is 0.160. The number of carbonyl (C=O) groups is 1. The molecule has 1 aromatic rings. The van der Waals surface area contributed by atoms with Gasteiger partial charge in [-0.2, -0.15) is 0 Å². The SMILES string of the molecule is CC(N)CCNc1ccc2c(c1)CC(=O)N2C. The van der Waals surface area contributed by atoms with Crippen molar-refractivity contribution in [3.8, 4) is 0 Å². The molecule has 4 nitrogen and oxygen atoms in total. The largest absolute Gasteiger partial charge is 0.385 e. The standard InChI is InChI=1S/C13H19N3O/c1-9(14)5-6-15-11-3-4-12-10(7-11)8-13(17)16(12)2/h3-4,7,9,15H,5-6,8,14H2,1-2H3. The maximum Gasteiger partial charge on any atom is 0.231 e. The normalized spacial score (nSPS) is 15.9. The van der Waals surface area contributed by atoms with E-state index in [0.29, 0.717) is 6.42 Å². The van der Waals surface area contributed by atoms with Gasteiger partial charge >= 0.3 is 0 Å². The molecule has 1 unspecified atom stereocenters. The minimum atomic E-state index is 0.160. The van der Waals surface area contributed by atoms with Crippen molar-refractivity contribution in [1.82, 2.24) is 0 Å². The fourth-order valence-electron chi connectivity index (χ4n) is 2.02. The van der Waals surface area contributed by atoms with Crippen LogP contribution in [0.5, 0.6) is 0 Å². The molecular weight excluding hydrogens is 214 g/mol. The van der Waals surface area contributed by atoms with Crippen LogP contribution < -0.4 is 16.0 Å². The molecule has 0 saturated carbocycles. The molecule has 0 spiro atoms. The van der Waals surface area contributed by atoms with Crippen molar-refractivity contribution in [3.63, 3.8) is 0 Å². The highest BCUT2D eigenvalue weighted by atomic mass is 16.2. The van der Waals surface area contributed by atoms with E-state index in [9.17, 15) is 4.79 Å². The Hall–Kier alpha value is -1.55. The van der Waals surface area contributed by atoms with Gasteiger partial charge in [-0.15, -0.1) is 0 Å². The Labute approximate surface area is 102 Å². The predicted molar refractivity (Wildman–Crippen MR) is 70.3 cm³/mol. The molecule has 1 aromatic carbocycles. The van der Waals surface area contributed by atoms with Crippen molar-refractivity contribution in [1.29, 1.82) is 0 Å². The third kappa shape index (κ3) is 2.58. The molecule has 2 rings (SSSR count). The summed E-state index contributed by atoms with van der Waals surface area (Å²) in [4.78, 5) is 13.2. The number of nitrogens with one attached hydrogen (secondary N) is 1. The third-order valence-corrected chi connectivity index (χ3v) is 3.09. The molecule has 0 fully saturated rings. The van der Waals surface area contributed by atoms with Crippen molar-refractivity contribution < 1.29 is 4.79 Å². The number of likely N-dealkylation sites (N-methyl/N-ethyl adjacent to an activating group) is 1. The van der Waals surface area contributed by atoms with Gasteiger partial charge in [-0.1, -0.05) is 0 Å². The molecule has 4 heteroatoms. The Kier molecular flexibility index (Phi) is 3.33. The number of hydrogen-bond acceptors (Lipinski definition) is 3. The number of fused-ring (bicyclic) bond motifs is 1. The molecule has 3 N–H and O–H groups in total. The van der Waals surface area contributed by atoms with E-state index < -0.39 is 0 Å². The molecule has 1 aliphatic heterocycles. The maximum atomic E-state index is 11.5. The molecule has 1 amide bonds. The summed E-state index contributed by atoms with van der Waals surface area (Å²) in [5, 5.41) is 3.33. The van der Waals surface area contributed by atoms with Gasteiger partial charge in [-0.05, 0) is 37.1 Å². The Bertz CT molecular complexity index is 429. The molecule has 0 aromatic heterocycles. The second-order valence-electron chi connectivity index (χ2n) is 4.67. The highest BCUT2D eigenvalue weighted by Crippen LogP contribution is 2.29. The van der Waals surface area contributed by atoms with Crippen LogP contribution in [0.25, 0.3) is 0 Å². The maximum absolute atomic E-state index is 11.5. The number of benzene rings is 1. The van der Waals surface area contributed by atoms with Gasteiger partial charge < -0.3 is 16.0 Å². The van der Waals surface area contributed by atoms with E-state index in [4.69, 9.17) is 5.73 Å². The minimum Gasteiger partial charge on any atom is -0.385 e. The zero-order valence-corrected chi connectivity index (χ0v) is 10.4. The van der Waals surface area contributed by atoms with Crippen LogP contribution in [0.1, 0.15) is 18.9 Å². The van der Waals surface area contributed by atoms with Gasteiger partial charge in [0.1, 0.15) is 0 Å². The fraction of sp³-hybridized carbons (Fsp3) is 0.462. The second-order valence-corrected chi connectivity index (χ2v) is 4.67. The second kappa shape index (κ2) is 4.75. The van der Waals surface area contributed by atoms with Crippen LogP contribution in [-0.4, -0.2) is 25.5 Å². The zero-order valence-electron chi connectivity index (χ0n) is 10.4. The molecule has 0 saturated heterocycles. The zero-order chi connectivity index (χ0) is 12.4. The Balaban J connectivity index is 2.03. The van der Waals surface area contributed by atoms with Crippen molar-refractivity contribution in [3.05, 3.63) is 23.8 Å². The molecule has 1 atom stereocenters. The van der Waals surface area contributed by atoms with E-state index in [-0.39, 0.29) is 11.9 Å². The van der Waals surface area contributed by atoms with E-state index in [1.165, 1.54) is 0 Å². The predicted octanol–water partition coefficient (Wildman–Crippen LogP) is 1.35. The lowest BCUT2D eigenvalue weighted by Gasteiger charge is -2.12. The number of carbonyl (C=O) groups excluding carboxylic acids is 1. The average Bonchev–Trinajstić information content (AvgIpc) is 2.54. The van der Waals surface area contributed by atoms with Crippen molar-refractivity contribution >= 4 is 17.3 Å². The Morgan fingerprint density at radius 2 is 2.29 bits per heavy atom. The molecular formula is C13H19N3O. The molecule has 1 aliphatic rings. The molecule has 0 bridgehead atoms. The number of nitrogens with zero attached hydrogens (tertiary/aromatic N) is 1. The molecule has 17 heavy (non-hydrogen) atoms. The third-order valence-electron chi connectivity index (χ3n) is 3.09. The highest BCUT2D eigenvalue weighted by molar-refractivity contribution is 6.01. The Morgan fingerprint density at radius 3 is 3.00 bits per heavy atom. The van der Waals surface area contributed by atoms with Crippen molar-refractivity contribution in [2.45, 2.75) is 25.8 Å². The van der Waals surface area contributed by atoms with Crippen LogP contribution in [0.15, 0.2) is 18.2 Å². The quantitative estimate of drug-likeness (QED) is 0.825. The van der Waals surface area contributed by atoms with E-state index in [0.717, 1.165) is 29.9 Å². The van der Waals surface area contributed by atoms with Gasteiger partial charge in [-0.25, -0.2) is 0 Å². The fourth-order valence-corrected chi connectivity index (χ4v) is 2.02. The van der Waals surface area contributed by atoms with Crippen LogP contribution in [0.2, 0.25) is 0 Å². The van der Waals surface area contributed by atoms with Gasteiger partial charge in [0, 0.05) is 31.0 Å². The van der Waals surface area contributed by atoms with Crippen LogP contribution in [-0.2, 0) is 11.2 Å². The number of anilines is 2. The molecule has 1 heterocycles. The lowest BCUT2D eigenvalue weighted by atomic mass is 10.1. The Morgan fingerprint density at radius 1 is 1.53 bits per heavy atom. The molecule has 92 valence electrons. The number of nitrogens with two attached hydrogens (primary N) is 1. The topological polar surface area (TPSA) is 58.4 Å².